The van der Waals surface area contributed by atoms with Gasteiger partial charge in [-0.2, -0.15) is 0 Å². The molecule has 0 aliphatic rings. The van der Waals surface area contributed by atoms with Crippen molar-refractivity contribution in [1.29, 1.82) is 0 Å². The van der Waals surface area contributed by atoms with Gasteiger partial charge < -0.3 is 9.64 Å². The molecule has 0 fully saturated rings. The van der Waals surface area contributed by atoms with Crippen molar-refractivity contribution in [2.75, 3.05) is 24.6 Å². The highest BCUT2D eigenvalue weighted by Crippen LogP contribution is 2.18. The Morgan fingerprint density at radius 1 is 1.05 bits per heavy atom. The second-order valence-electron chi connectivity index (χ2n) is 4.35. The van der Waals surface area contributed by atoms with Gasteiger partial charge in [0.25, 0.3) is 0 Å². The van der Waals surface area contributed by atoms with E-state index >= 15 is 0 Å². The number of hydrogen-bond donors (Lipinski definition) is 0. The fraction of sp³-hybridized carbons (Fsp3) is 0.250. The first-order chi connectivity index (χ1) is 9.83. The highest BCUT2D eigenvalue weighted by Gasteiger charge is 2.03. The second kappa shape index (κ2) is 7.28. The average Bonchev–Trinajstić information content (AvgIpc) is 2.53. The highest BCUT2D eigenvalue weighted by molar-refractivity contribution is 5.45. The maximum absolute atomic E-state index is 10.3. The quantitative estimate of drug-likeness (QED) is 0.714. The number of anilines is 1. The van der Waals surface area contributed by atoms with Crippen LogP contribution in [-0.4, -0.2) is 19.7 Å². The van der Waals surface area contributed by atoms with Crippen molar-refractivity contribution >= 4 is 11.4 Å². The van der Waals surface area contributed by atoms with Gasteiger partial charge in [-0.25, -0.2) is 0 Å². The van der Waals surface area contributed by atoms with E-state index in [1.54, 1.807) is 24.3 Å². The molecule has 0 spiro atoms. The first-order valence-corrected chi connectivity index (χ1v) is 6.69. The fourth-order valence-electron chi connectivity index (χ4n) is 1.99. The van der Waals surface area contributed by atoms with Gasteiger partial charge in [0.05, 0.1) is 6.54 Å². The van der Waals surface area contributed by atoms with Crippen LogP contribution in [0.5, 0.6) is 5.75 Å². The van der Waals surface area contributed by atoms with Gasteiger partial charge in [0.1, 0.15) is 18.0 Å². The number of hydrogen-bond acceptors (Lipinski definition) is 4. The number of likely N-dealkylation sites (N-methyl/N-ethyl adjacent to an activating group) is 1. The standard InChI is InChI=1S/C16H18N2O2/c1-2-18(15-6-4-3-5-7-15)12-13-20-16-10-8-14(17-19)9-11-16/h3-11H,2,12-13H2,1H3. The Morgan fingerprint density at radius 3 is 2.35 bits per heavy atom. The van der Waals surface area contributed by atoms with E-state index in [-0.39, 0.29) is 0 Å². The van der Waals surface area contributed by atoms with Crippen LogP contribution in [0.4, 0.5) is 11.4 Å². The molecule has 0 saturated carbocycles. The predicted octanol–water partition coefficient (Wildman–Crippen LogP) is 3.99. The summed E-state index contributed by atoms with van der Waals surface area (Å²) in [6.45, 7) is 4.46. The van der Waals surface area contributed by atoms with Crippen molar-refractivity contribution < 1.29 is 4.74 Å². The lowest BCUT2D eigenvalue weighted by Gasteiger charge is -2.23. The molecular formula is C16H18N2O2. The average molecular weight is 270 g/mol. The Balaban J connectivity index is 1.86. The predicted molar refractivity (Wildman–Crippen MR) is 81.7 cm³/mol. The Morgan fingerprint density at radius 2 is 1.75 bits per heavy atom. The maximum atomic E-state index is 10.3. The van der Waals surface area contributed by atoms with Crippen molar-refractivity contribution in [2.24, 2.45) is 5.18 Å². The minimum Gasteiger partial charge on any atom is -0.492 e. The summed E-state index contributed by atoms with van der Waals surface area (Å²) in [6, 6.07) is 17.1. The Labute approximate surface area is 119 Å². The molecule has 0 atom stereocenters. The third-order valence-corrected chi connectivity index (χ3v) is 3.08. The van der Waals surface area contributed by atoms with Crippen molar-refractivity contribution in [2.45, 2.75) is 6.92 Å². The van der Waals surface area contributed by atoms with Crippen molar-refractivity contribution in [3.63, 3.8) is 0 Å². The Kier molecular flexibility index (Phi) is 5.12. The summed E-state index contributed by atoms with van der Waals surface area (Å²) in [5.41, 5.74) is 1.61. The molecule has 0 heterocycles. The molecule has 2 rings (SSSR count). The van der Waals surface area contributed by atoms with Crippen LogP contribution in [0.1, 0.15) is 6.92 Å². The van der Waals surface area contributed by atoms with Crippen LogP contribution in [0.2, 0.25) is 0 Å². The molecule has 0 amide bonds. The first-order valence-electron chi connectivity index (χ1n) is 6.69. The Bertz CT molecular complexity index is 526. The molecule has 4 heteroatoms. The smallest absolute Gasteiger partial charge is 0.119 e. The fourth-order valence-corrected chi connectivity index (χ4v) is 1.99. The van der Waals surface area contributed by atoms with Crippen molar-refractivity contribution in [1.82, 2.24) is 0 Å². The van der Waals surface area contributed by atoms with Crippen LogP contribution in [-0.2, 0) is 0 Å². The van der Waals surface area contributed by atoms with Crippen LogP contribution >= 0.6 is 0 Å². The molecule has 0 aromatic heterocycles. The van der Waals surface area contributed by atoms with Crippen molar-refractivity contribution in [3.05, 3.63) is 59.5 Å². The zero-order valence-corrected chi connectivity index (χ0v) is 11.5. The zero-order valence-electron chi connectivity index (χ0n) is 11.5. The summed E-state index contributed by atoms with van der Waals surface area (Å²) >= 11 is 0. The van der Waals surface area contributed by atoms with E-state index in [0.29, 0.717) is 12.3 Å². The number of benzene rings is 2. The van der Waals surface area contributed by atoms with E-state index < -0.39 is 0 Å². The number of nitrogens with zero attached hydrogens (tertiary/aromatic N) is 2. The van der Waals surface area contributed by atoms with Gasteiger partial charge in [0, 0.05) is 12.2 Å². The van der Waals surface area contributed by atoms with Crippen molar-refractivity contribution in [3.8, 4) is 5.75 Å². The van der Waals surface area contributed by atoms with Crippen LogP contribution < -0.4 is 9.64 Å². The summed E-state index contributed by atoms with van der Waals surface area (Å²) in [7, 11) is 0. The lowest BCUT2D eigenvalue weighted by atomic mass is 10.3. The number of nitroso groups, excluding NO2 is 1. The van der Waals surface area contributed by atoms with E-state index in [1.165, 1.54) is 5.69 Å². The number of rotatable bonds is 7. The van der Waals surface area contributed by atoms with E-state index in [4.69, 9.17) is 4.74 Å². The molecule has 4 nitrogen and oxygen atoms in total. The molecule has 0 N–H and O–H groups in total. The van der Waals surface area contributed by atoms with Gasteiger partial charge in [-0.3, -0.25) is 0 Å². The SMILES string of the molecule is CCN(CCOc1ccc(N=O)cc1)c1ccccc1. The minimum atomic E-state index is 0.414. The molecule has 2 aromatic rings. The second-order valence-corrected chi connectivity index (χ2v) is 4.35. The summed E-state index contributed by atoms with van der Waals surface area (Å²) in [5, 5.41) is 2.86. The van der Waals surface area contributed by atoms with E-state index in [2.05, 4.69) is 29.1 Å². The molecule has 0 aliphatic heterocycles. The van der Waals surface area contributed by atoms with E-state index in [1.807, 2.05) is 18.2 Å². The highest BCUT2D eigenvalue weighted by atomic mass is 16.5. The van der Waals surface area contributed by atoms with Gasteiger partial charge >= 0.3 is 0 Å². The summed E-state index contributed by atoms with van der Waals surface area (Å²) in [6.07, 6.45) is 0. The van der Waals surface area contributed by atoms with Crippen LogP contribution in [0.15, 0.2) is 59.8 Å². The van der Waals surface area contributed by atoms with Crippen LogP contribution in [0, 0.1) is 4.91 Å². The molecule has 0 aliphatic carbocycles. The molecular weight excluding hydrogens is 252 g/mol. The monoisotopic (exact) mass is 270 g/mol. The summed E-state index contributed by atoms with van der Waals surface area (Å²) in [5.74, 6) is 0.751. The largest absolute Gasteiger partial charge is 0.492 e. The minimum absolute atomic E-state index is 0.414. The van der Waals surface area contributed by atoms with Gasteiger partial charge in [0.2, 0.25) is 0 Å². The Hall–Kier alpha value is -2.36. The third kappa shape index (κ3) is 3.82. The normalized spacial score (nSPS) is 10.1. The summed E-state index contributed by atoms with van der Waals surface area (Å²) in [4.78, 5) is 12.6. The van der Waals surface area contributed by atoms with E-state index in [0.717, 1.165) is 18.8 Å². The molecule has 0 bridgehead atoms. The lowest BCUT2D eigenvalue weighted by Crippen LogP contribution is -2.27. The summed E-state index contributed by atoms with van der Waals surface area (Å²) < 4.78 is 5.67. The molecule has 104 valence electrons. The molecule has 2 aromatic carbocycles. The van der Waals surface area contributed by atoms with Crippen LogP contribution in [0.25, 0.3) is 0 Å². The zero-order chi connectivity index (χ0) is 14.2. The van der Waals surface area contributed by atoms with Gasteiger partial charge in [-0.05, 0) is 48.5 Å². The van der Waals surface area contributed by atoms with Gasteiger partial charge in [-0.1, -0.05) is 18.2 Å². The third-order valence-electron chi connectivity index (χ3n) is 3.08. The molecule has 20 heavy (non-hydrogen) atoms. The van der Waals surface area contributed by atoms with Gasteiger partial charge in [-0.15, -0.1) is 4.91 Å². The number of ether oxygens (including phenoxy) is 1. The number of para-hydroxylation sites is 1. The molecule has 0 unspecified atom stereocenters. The first kappa shape index (κ1) is 14.1. The van der Waals surface area contributed by atoms with E-state index in [9.17, 15) is 4.91 Å². The topological polar surface area (TPSA) is 41.9 Å². The molecule has 0 radical (unpaired) electrons. The lowest BCUT2D eigenvalue weighted by molar-refractivity contribution is 0.324. The van der Waals surface area contributed by atoms with Crippen LogP contribution in [0.3, 0.4) is 0 Å². The maximum Gasteiger partial charge on any atom is 0.119 e. The van der Waals surface area contributed by atoms with Gasteiger partial charge in [0.15, 0.2) is 0 Å². The molecule has 0 saturated heterocycles.